The summed E-state index contributed by atoms with van der Waals surface area (Å²) in [5.74, 6) is 0. The smallest absolute Gasteiger partial charge is 0.418 e. The van der Waals surface area contributed by atoms with Gasteiger partial charge in [0.05, 0.1) is 6.54 Å². The zero-order valence-corrected chi connectivity index (χ0v) is 13.0. The van der Waals surface area contributed by atoms with Crippen LogP contribution in [0.15, 0.2) is 30.9 Å². The third kappa shape index (κ3) is 7.29. The molecule has 0 aliphatic carbocycles. The predicted molar refractivity (Wildman–Crippen MR) is 80.1 cm³/mol. The Morgan fingerprint density at radius 2 is 1.59 bits per heavy atom. The molecule has 1 heterocycles. The fourth-order valence-electron chi connectivity index (χ4n) is 2.50. The van der Waals surface area contributed by atoms with Crippen LogP contribution in [-0.4, -0.2) is 12.2 Å². The van der Waals surface area contributed by atoms with Crippen LogP contribution >= 0.6 is 0 Å². The Labute approximate surface area is 128 Å². The lowest BCUT2D eigenvalue weighted by atomic mass is 9.96. The molecule has 2 rings (SSSR count). The van der Waals surface area contributed by atoms with Gasteiger partial charge in [-0.2, -0.15) is 0 Å². The molecule has 1 aromatic heterocycles. The van der Waals surface area contributed by atoms with Crippen LogP contribution in [0.4, 0.5) is 17.3 Å². The molecule has 0 fully saturated rings. The third-order valence-corrected chi connectivity index (χ3v) is 3.29. The van der Waals surface area contributed by atoms with Crippen molar-refractivity contribution in [2.24, 2.45) is 0 Å². The summed E-state index contributed by atoms with van der Waals surface area (Å²) < 4.78 is 41.2. The molecule has 0 aliphatic heterocycles. The van der Waals surface area contributed by atoms with Gasteiger partial charge in [0.15, 0.2) is 0 Å². The first-order valence-electron chi connectivity index (χ1n) is 7.12. The number of aromatic amines is 1. The van der Waals surface area contributed by atoms with E-state index in [4.69, 9.17) is 0 Å². The lowest BCUT2D eigenvalue weighted by Crippen LogP contribution is -2.30. The number of hydrogen-bond donors (Lipinski definition) is 1. The minimum atomic E-state index is -6.00. The molecule has 122 valence electrons. The molecule has 1 aromatic carbocycles. The van der Waals surface area contributed by atoms with E-state index in [0.717, 1.165) is 13.0 Å². The van der Waals surface area contributed by atoms with Gasteiger partial charge in [-0.3, -0.25) is 4.98 Å². The Hall–Kier alpha value is -1.79. The SMILES string of the molecule is Cc1cc(C)c(CCC[n+]2cc[nH]c2)c(C)c1.F[B-](F)(F)F. The number of imidazole rings is 1. The van der Waals surface area contributed by atoms with Crippen LogP contribution in [0.1, 0.15) is 28.7 Å². The van der Waals surface area contributed by atoms with Gasteiger partial charge < -0.3 is 17.3 Å². The predicted octanol–water partition coefficient (Wildman–Crippen LogP) is 4.16. The second-order valence-electron chi connectivity index (χ2n) is 5.33. The van der Waals surface area contributed by atoms with E-state index in [-0.39, 0.29) is 0 Å². The van der Waals surface area contributed by atoms with E-state index in [2.05, 4.69) is 48.7 Å². The molecule has 0 saturated carbocycles. The lowest BCUT2D eigenvalue weighted by Gasteiger charge is -2.10. The number of benzene rings is 1. The molecule has 0 radical (unpaired) electrons. The minimum absolute atomic E-state index is 1.08. The maximum Gasteiger partial charge on any atom is 0.673 e. The summed E-state index contributed by atoms with van der Waals surface area (Å²) in [4.78, 5) is 3.07. The molecule has 0 saturated heterocycles. The Bertz CT molecular complexity index is 551. The molecular weight excluding hydrogens is 295 g/mol. The molecule has 0 bridgehead atoms. The topological polar surface area (TPSA) is 19.7 Å². The van der Waals surface area contributed by atoms with Gasteiger partial charge in [-0.25, -0.2) is 4.57 Å². The first kappa shape index (κ1) is 18.3. The van der Waals surface area contributed by atoms with E-state index < -0.39 is 7.25 Å². The van der Waals surface area contributed by atoms with E-state index in [0.29, 0.717) is 0 Å². The fraction of sp³-hybridized carbons (Fsp3) is 0.400. The van der Waals surface area contributed by atoms with E-state index in [1.54, 1.807) is 0 Å². The van der Waals surface area contributed by atoms with Crippen molar-refractivity contribution in [3.63, 3.8) is 0 Å². The van der Waals surface area contributed by atoms with E-state index in [1.807, 2.05) is 12.5 Å². The summed E-state index contributed by atoms with van der Waals surface area (Å²) >= 11 is 0. The summed E-state index contributed by atoms with van der Waals surface area (Å²) in [7, 11) is -6.00. The van der Waals surface area contributed by atoms with Gasteiger partial charge in [0.25, 0.3) is 0 Å². The van der Waals surface area contributed by atoms with Gasteiger partial charge in [-0.1, -0.05) is 17.7 Å². The highest BCUT2D eigenvalue weighted by atomic mass is 19.5. The summed E-state index contributed by atoms with van der Waals surface area (Å²) in [5.41, 5.74) is 5.75. The molecule has 2 nitrogen and oxygen atoms in total. The third-order valence-electron chi connectivity index (χ3n) is 3.29. The zero-order valence-electron chi connectivity index (χ0n) is 13.0. The molecule has 0 atom stereocenters. The highest BCUT2D eigenvalue weighted by Gasteiger charge is 2.20. The van der Waals surface area contributed by atoms with Gasteiger partial charge in [0.2, 0.25) is 6.33 Å². The van der Waals surface area contributed by atoms with Gasteiger partial charge in [0.1, 0.15) is 12.4 Å². The summed E-state index contributed by atoms with van der Waals surface area (Å²) in [5, 5.41) is 0. The van der Waals surface area contributed by atoms with Crippen molar-refractivity contribution in [1.82, 2.24) is 4.98 Å². The molecule has 22 heavy (non-hydrogen) atoms. The quantitative estimate of drug-likeness (QED) is 0.496. The Morgan fingerprint density at radius 1 is 1.05 bits per heavy atom. The van der Waals surface area contributed by atoms with Crippen LogP contribution < -0.4 is 4.57 Å². The van der Waals surface area contributed by atoms with Crippen LogP contribution in [0.3, 0.4) is 0 Å². The largest absolute Gasteiger partial charge is 0.673 e. The first-order chi connectivity index (χ1) is 10.2. The maximum atomic E-state index is 9.75. The van der Waals surface area contributed by atoms with E-state index in [9.17, 15) is 17.3 Å². The molecule has 0 spiro atoms. The molecule has 2 aromatic rings. The number of aromatic nitrogens is 2. The first-order valence-corrected chi connectivity index (χ1v) is 7.12. The Kier molecular flexibility index (Phi) is 6.65. The average molecular weight is 316 g/mol. The number of hydrogen-bond acceptors (Lipinski definition) is 0. The minimum Gasteiger partial charge on any atom is -0.418 e. The zero-order chi connectivity index (χ0) is 16.8. The number of rotatable bonds is 4. The summed E-state index contributed by atoms with van der Waals surface area (Å²) in [6.45, 7) is 7.69. The van der Waals surface area contributed by atoms with Crippen molar-refractivity contribution >= 4 is 7.25 Å². The monoisotopic (exact) mass is 316 g/mol. The highest BCUT2D eigenvalue weighted by molar-refractivity contribution is 6.50. The number of aryl methyl sites for hydroxylation is 4. The highest BCUT2D eigenvalue weighted by Crippen LogP contribution is 2.17. The fourth-order valence-corrected chi connectivity index (χ4v) is 2.50. The van der Waals surface area contributed by atoms with E-state index >= 15 is 0 Å². The number of halogens is 4. The lowest BCUT2D eigenvalue weighted by molar-refractivity contribution is -0.696. The van der Waals surface area contributed by atoms with Crippen molar-refractivity contribution in [3.05, 3.63) is 53.1 Å². The number of H-pyrrole nitrogens is 1. The van der Waals surface area contributed by atoms with Crippen molar-refractivity contribution in [1.29, 1.82) is 0 Å². The standard InChI is InChI=1S/C15H20N2.BF4/c1-12-9-13(2)15(14(3)10-12)5-4-7-17-8-6-16-11-17;2-1(3,4)5/h6,8-11H,4-5,7H2,1-3H3;/q;-1/p+1. The van der Waals surface area contributed by atoms with E-state index in [1.165, 1.54) is 28.7 Å². The second-order valence-corrected chi connectivity index (χ2v) is 5.33. The van der Waals surface area contributed by atoms with Crippen LogP contribution in [-0.2, 0) is 13.0 Å². The second kappa shape index (κ2) is 8.01. The van der Waals surface area contributed by atoms with Gasteiger partial charge >= 0.3 is 7.25 Å². The van der Waals surface area contributed by atoms with Gasteiger partial charge in [0, 0.05) is 0 Å². The summed E-state index contributed by atoms with van der Waals surface area (Å²) in [6.07, 6.45) is 8.40. The van der Waals surface area contributed by atoms with Crippen molar-refractivity contribution in [2.75, 3.05) is 0 Å². The molecule has 0 amide bonds. The average Bonchev–Trinajstić information content (AvgIpc) is 2.83. The van der Waals surface area contributed by atoms with Gasteiger partial charge in [-0.05, 0) is 50.3 Å². The Morgan fingerprint density at radius 3 is 2.05 bits per heavy atom. The van der Waals surface area contributed by atoms with Crippen LogP contribution in [0, 0.1) is 20.8 Å². The Balaban J connectivity index is 0.000000422. The van der Waals surface area contributed by atoms with Crippen molar-refractivity contribution < 1.29 is 21.8 Å². The van der Waals surface area contributed by atoms with Crippen LogP contribution in [0.25, 0.3) is 0 Å². The number of nitrogens with zero attached hydrogens (tertiary/aromatic N) is 1. The normalized spacial score (nSPS) is 11.0. The van der Waals surface area contributed by atoms with Crippen LogP contribution in [0.5, 0.6) is 0 Å². The summed E-state index contributed by atoms with van der Waals surface area (Å²) in [6, 6.07) is 4.57. The number of nitrogens with one attached hydrogen (secondary N) is 1. The van der Waals surface area contributed by atoms with Crippen molar-refractivity contribution in [3.8, 4) is 0 Å². The molecule has 0 aliphatic rings. The van der Waals surface area contributed by atoms with Gasteiger partial charge in [-0.15, -0.1) is 0 Å². The van der Waals surface area contributed by atoms with Crippen LogP contribution in [0.2, 0.25) is 0 Å². The molecular formula is C15H21BF4N2. The molecule has 1 N–H and O–H groups in total. The van der Waals surface area contributed by atoms with Crippen molar-refractivity contribution in [2.45, 2.75) is 40.2 Å². The molecule has 7 heteroatoms. The maximum absolute atomic E-state index is 9.75. The molecule has 0 unspecified atom stereocenters.